The minimum absolute atomic E-state index is 0.157. The molecule has 0 saturated heterocycles. The number of carbonyl (C=O) groups is 1. The molecule has 4 heteroatoms. The van der Waals surface area contributed by atoms with Crippen molar-refractivity contribution in [1.29, 1.82) is 5.41 Å². The summed E-state index contributed by atoms with van der Waals surface area (Å²) in [7, 11) is 0. The molecule has 0 aliphatic carbocycles. The van der Waals surface area contributed by atoms with Crippen molar-refractivity contribution in [2.45, 2.75) is 20.8 Å². The SMILES string of the molecule is CC(=N)c1cc(NC(C)=O)ncc1C. The Balaban J connectivity index is 3.06. The van der Waals surface area contributed by atoms with E-state index in [1.54, 1.807) is 19.2 Å². The van der Waals surface area contributed by atoms with Crippen molar-refractivity contribution in [3.05, 3.63) is 23.4 Å². The summed E-state index contributed by atoms with van der Waals surface area (Å²) in [4.78, 5) is 14.8. The highest BCUT2D eigenvalue weighted by molar-refractivity contribution is 5.99. The van der Waals surface area contributed by atoms with E-state index in [0.29, 0.717) is 11.5 Å². The van der Waals surface area contributed by atoms with Gasteiger partial charge in [-0.05, 0) is 25.5 Å². The summed E-state index contributed by atoms with van der Waals surface area (Å²) in [6.45, 7) is 5.02. The standard InChI is InChI=1S/C10H13N3O/c1-6-5-12-10(13-8(3)14)4-9(6)7(2)11/h4-5,11H,1-3H3,(H,12,13,14). The van der Waals surface area contributed by atoms with Crippen LogP contribution in [0.2, 0.25) is 0 Å². The molecule has 74 valence electrons. The molecular weight excluding hydrogens is 178 g/mol. The van der Waals surface area contributed by atoms with Crippen molar-refractivity contribution in [2.24, 2.45) is 0 Å². The molecule has 2 N–H and O–H groups in total. The van der Waals surface area contributed by atoms with E-state index < -0.39 is 0 Å². The summed E-state index contributed by atoms with van der Waals surface area (Å²) >= 11 is 0. The minimum Gasteiger partial charge on any atom is -0.311 e. The maximum atomic E-state index is 10.8. The average Bonchev–Trinajstić information content (AvgIpc) is 2.07. The number of hydrogen-bond acceptors (Lipinski definition) is 3. The van der Waals surface area contributed by atoms with E-state index in [4.69, 9.17) is 5.41 Å². The van der Waals surface area contributed by atoms with Crippen LogP contribution >= 0.6 is 0 Å². The number of pyridine rings is 1. The maximum Gasteiger partial charge on any atom is 0.222 e. The predicted molar refractivity (Wildman–Crippen MR) is 55.8 cm³/mol. The normalized spacial score (nSPS) is 9.64. The highest BCUT2D eigenvalue weighted by Crippen LogP contribution is 2.12. The molecule has 14 heavy (non-hydrogen) atoms. The quantitative estimate of drug-likeness (QED) is 0.699. The second kappa shape index (κ2) is 4.00. The van der Waals surface area contributed by atoms with Crippen LogP contribution in [0.15, 0.2) is 12.3 Å². The molecule has 0 bridgehead atoms. The van der Waals surface area contributed by atoms with Gasteiger partial charge in [0.25, 0.3) is 0 Å². The Morgan fingerprint density at radius 2 is 2.14 bits per heavy atom. The lowest BCUT2D eigenvalue weighted by atomic mass is 10.1. The summed E-state index contributed by atoms with van der Waals surface area (Å²) in [5.74, 6) is 0.333. The van der Waals surface area contributed by atoms with Gasteiger partial charge in [-0.2, -0.15) is 0 Å². The fourth-order valence-corrected chi connectivity index (χ4v) is 1.18. The molecule has 0 aliphatic rings. The summed E-state index contributed by atoms with van der Waals surface area (Å²) in [5, 5.41) is 10.1. The molecule has 1 rings (SSSR count). The van der Waals surface area contributed by atoms with Gasteiger partial charge in [0, 0.05) is 24.4 Å². The Kier molecular flexibility index (Phi) is 2.96. The molecule has 0 saturated carbocycles. The lowest BCUT2D eigenvalue weighted by molar-refractivity contribution is -0.114. The number of aryl methyl sites for hydroxylation is 1. The Bertz CT molecular complexity index is 385. The predicted octanol–water partition coefficient (Wildman–Crippen LogP) is 1.74. The van der Waals surface area contributed by atoms with E-state index in [1.807, 2.05) is 6.92 Å². The minimum atomic E-state index is -0.157. The molecule has 0 radical (unpaired) electrons. The third-order valence-electron chi connectivity index (χ3n) is 1.81. The molecule has 4 nitrogen and oxygen atoms in total. The van der Waals surface area contributed by atoms with Crippen LogP contribution in [0.25, 0.3) is 0 Å². The highest BCUT2D eigenvalue weighted by atomic mass is 16.1. The lowest BCUT2D eigenvalue weighted by Crippen LogP contribution is -2.09. The first-order valence-electron chi connectivity index (χ1n) is 4.30. The maximum absolute atomic E-state index is 10.8. The zero-order chi connectivity index (χ0) is 10.7. The van der Waals surface area contributed by atoms with Crippen LogP contribution < -0.4 is 5.32 Å². The van der Waals surface area contributed by atoms with E-state index in [2.05, 4.69) is 10.3 Å². The van der Waals surface area contributed by atoms with Crippen molar-refractivity contribution in [3.63, 3.8) is 0 Å². The number of nitrogens with one attached hydrogen (secondary N) is 2. The fraction of sp³-hybridized carbons (Fsp3) is 0.300. The smallest absolute Gasteiger partial charge is 0.222 e. The third-order valence-corrected chi connectivity index (χ3v) is 1.81. The first kappa shape index (κ1) is 10.4. The third kappa shape index (κ3) is 2.39. The van der Waals surface area contributed by atoms with Gasteiger partial charge in [0.15, 0.2) is 0 Å². The number of aromatic nitrogens is 1. The summed E-state index contributed by atoms with van der Waals surface area (Å²) in [6, 6.07) is 1.71. The van der Waals surface area contributed by atoms with Crippen molar-refractivity contribution in [3.8, 4) is 0 Å². The fourth-order valence-electron chi connectivity index (χ4n) is 1.18. The van der Waals surface area contributed by atoms with Crippen molar-refractivity contribution in [1.82, 2.24) is 4.98 Å². The largest absolute Gasteiger partial charge is 0.311 e. The van der Waals surface area contributed by atoms with Crippen molar-refractivity contribution in [2.75, 3.05) is 5.32 Å². The van der Waals surface area contributed by atoms with Gasteiger partial charge in [-0.25, -0.2) is 4.98 Å². The van der Waals surface area contributed by atoms with Crippen LogP contribution in [-0.2, 0) is 4.79 Å². The molecule has 0 unspecified atom stereocenters. The lowest BCUT2D eigenvalue weighted by Gasteiger charge is -2.06. The Morgan fingerprint density at radius 1 is 1.50 bits per heavy atom. The van der Waals surface area contributed by atoms with Gasteiger partial charge in [-0.3, -0.25) is 4.79 Å². The van der Waals surface area contributed by atoms with E-state index in [1.165, 1.54) is 6.92 Å². The highest BCUT2D eigenvalue weighted by Gasteiger charge is 2.04. The van der Waals surface area contributed by atoms with Crippen LogP contribution in [0, 0.1) is 12.3 Å². The molecule has 0 aliphatic heterocycles. The number of rotatable bonds is 2. The monoisotopic (exact) mass is 191 g/mol. The van der Waals surface area contributed by atoms with Gasteiger partial charge in [-0.1, -0.05) is 0 Å². The first-order chi connectivity index (χ1) is 6.50. The van der Waals surface area contributed by atoms with Crippen molar-refractivity contribution < 1.29 is 4.79 Å². The molecule has 0 spiro atoms. The summed E-state index contributed by atoms with van der Waals surface area (Å²) < 4.78 is 0. The summed E-state index contributed by atoms with van der Waals surface area (Å²) in [5.41, 5.74) is 2.21. The van der Waals surface area contributed by atoms with Gasteiger partial charge in [-0.15, -0.1) is 0 Å². The average molecular weight is 191 g/mol. The number of carbonyl (C=O) groups excluding carboxylic acids is 1. The second-order valence-corrected chi connectivity index (χ2v) is 3.19. The second-order valence-electron chi connectivity index (χ2n) is 3.19. The van der Waals surface area contributed by atoms with Gasteiger partial charge >= 0.3 is 0 Å². The molecule has 1 aromatic rings. The molecular formula is C10H13N3O. The Labute approximate surface area is 82.9 Å². The van der Waals surface area contributed by atoms with Crippen LogP contribution in [0.1, 0.15) is 25.0 Å². The van der Waals surface area contributed by atoms with Crippen LogP contribution in [0.3, 0.4) is 0 Å². The molecule has 0 aromatic carbocycles. The van der Waals surface area contributed by atoms with Gasteiger partial charge in [0.2, 0.25) is 5.91 Å². The number of hydrogen-bond donors (Lipinski definition) is 2. The molecule has 1 heterocycles. The van der Waals surface area contributed by atoms with Gasteiger partial charge < -0.3 is 10.7 Å². The molecule has 1 amide bonds. The van der Waals surface area contributed by atoms with Crippen LogP contribution in [0.4, 0.5) is 5.82 Å². The molecule has 0 atom stereocenters. The Morgan fingerprint density at radius 3 is 2.64 bits per heavy atom. The van der Waals surface area contributed by atoms with E-state index in [9.17, 15) is 4.79 Å². The van der Waals surface area contributed by atoms with E-state index in [-0.39, 0.29) is 5.91 Å². The van der Waals surface area contributed by atoms with E-state index in [0.717, 1.165) is 11.1 Å². The van der Waals surface area contributed by atoms with E-state index >= 15 is 0 Å². The number of amides is 1. The van der Waals surface area contributed by atoms with Gasteiger partial charge in [0.1, 0.15) is 5.82 Å². The van der Waals surface area contributed by atoms with Crippen LogP contribution in [0.5, 0.6) is 0 Å². The first-order valence-corrected chi connectivity index (χ1v) is 4.30. The molecule has 1 aromatic heterocycles. The molecule has 0 fully saturated rings. The zero-order valence-electron chi connectivity index (χ0n) is 8.51. The van der Waals surface area contributed by atoms with Crippen molar-refractivity contribution >= 4 is 17.4 Å². The summed E-state index contributed by atoms with van der Waals surface area (Å²) in [6.07, 6.45) is 1.65. The Hall–Kier alpha value is -1.71. The zero-order valence-corrected chi connectivity index (χ0v) is 8.51. The topological polar surface area (TPSA) is 65.8 Å². The number of anilines is 1. The number of nitrogens with zero attached hydrogens (tertiary/aromatic N) is 1. The van der Waals surface area contributed by atoms with Crippen LogP contribution in [-0.4, -0.2) is 16.6 Å². The van der Waals surface area contributed by atoms with Gasteiger partial charge in [0.05, 0.1) is 0 Å².